The molecular weight excluding hydrogens is 448 g/mol. The number of nitrogens with one attached hydrogen (secondary N) is 4. The van der Waals surface area contributed by atoms with Gasteiger partial charge in [0.1, 0.15) is 18.5 Å². The van der Waals surface area contributed by atoms with E-state index in [2.05, 4.69) is 21.3 Å². The van der Waals surface area contributed by atoms with Gasteiger partial charge >= 0.3 is 0 Å². The molecule has 9 heteroatoms. The second-order valence-corrected chi connectivity index (χ2v) is 8.28. The van der Waals surface area contributed by atoms with Gasteiger partial charge in [0.2, 0.25) is 23.5 Å². The van der Waals surface area contributed by atoms with E-state index in [1.807, 2.05) is 61.5 Å². The maximum absolute atomic E-state index is 12.8. The Balaban J connectivity index is 2.06. The minimum Gasteiger partial charge on any atom is -0.491 e. The molecule has 0 saturated carbocycles. The van der Waals surface area contributed by atoms with Gasteiger partial charge in [-0.15, -0.1) is 0 Å². The van der Waals surface area contributed by atoms with E-state index in [4.69, 9.17) is 4.74 Å². The number of benzene rings is 2. The Kier molecular flexibility index (Phi) is 11.2. The normalized spacial score (nSPS) is 11.9. The lowest BCUT2D eigenvalue weighted by Crippen LogP contribution is -2.74. The fourth-order valence-corrected chi connectivity index (χ4v) is 3.33. The van der Waals surface area contributed by atoms with Crippen molar-refractivity contribution < 1.29 is 24.2 Å². The molecule has 1 unspecified atom stereocenters. The number of aliphatic hydroxyl groups excluding tert-OH is 1. The first-order valence-electron chi connectivity index (χ1n) is 11.8. The summed E-state index contributed by atoms with van der Waals surface area (Å²) >= 11 is 0. The fourth-order valence-electron chi connectivity index (χ4n) is 3.33. The van der Waals surface area contributed by atoms with E-state index in [-0.39, 0.29) is 56.7 Å². The van der Waals surface area contributed by atoms with Crippen molar-refractivity contribution >= 4 is 17.7 Å². The van der Waals surface area contributed by atoms with E-state index >= 15 is 0 Å². The third-order valence-electron chi connectivity index (χ3n) is 5.20. The van der Waals surface area contributed by atoms with Crippen LogP contribution in [-0.4, -0.2) is 54.4 Å². The molecule has 3 amide bonds. The topological polar surface area (TPSA) is 129 Å². The Hall–Kier alpha value is -3.43. The zero-order valence-electron chi connectivity index (χ0n) is 20.6. The molecule has 0 radical (unpaired) electrons. The van der Waals surface area contributed by atoms with Gasteiger partial charge in [-0.3, -0.25) is 14.4 Å². The van der Waals surface area contributed by atoms with Gasteiger partial charge in [-0.25, -0.2) is 0 Å². The van der Waals surface area contributed by atoms with Crippen LogP contribution >= 0.6 is 0 Å². The van der Waals surface area contributed by atoms with Crippen LogP contribution in [0.1, 0.15) is 37.8 Å². The number of para-hydroxylation sites is 1. The Bertz CT molecular complexity index is 949. The van der Waals surface area contributed by atoms with Gasteiger partial charge < -0.3 is 31.1 Å². The fraction of sp³-hybridized carbons (Fsp3) is 0.423. The highest BCUT2D eigenvalue weighted by atomic mass is 16.5. The quantitative estimate of drug-likeness (QED) is 0.258. The number of rotatable bonds is 14. The Labute approximate surface area is 206 Å². The molecule has 0 aliphatic carbocycles. The van der Waals surface area contributed by atoms with E-state index in [9.17, 15) is 19.5 Å². The Morgan fingerprint density at radius 2 is 1.46 bits per heavy atom. The minimum atomic E-state index is -1.57. The van der Waals surface area contributed by atoms with Crippen molar-refractivity contribution in [3.8, 4) is 5.75 Å². The lowest BCUT2D eigenvalue weighted by Gasteiger charge is -2.36. The zero-order chi connectivity index (χ0) is 25.7. The number of aliphatic hydroxyl groups is 1. The highest BCUT2D eigenvalue weighted by Crippen LogP contribution is 2.16. The molecule has 1 atom stereocenters. The molecule has 9 nitrogen and oxygen atoms in total. The van der Waals surface area contributed by atoms with Gasteiger partial charge in [-0.1, -0.05) is 62.4 Å². The molecule has 35 heavy (non-hydrogen) atoms. The second kappa shape index (κ2) is 14.1. The molecule has 2 rings (SSSR count). The third kappa shape index (κ3) is 9.76. The molecular formula is C26H36N4O5. The number of amides is 3. The smallest absolute Gasteiger partial charge is 0.227 e. The average molecular weight is 485 g/mol. The van der Waals surface area contributed by atoms with Crippen molar-refractivity contribution in [2.45, 2.75) is 51.9 Å². The number of ether oxygens (including phenoxy) is 1. The number of aryl methyl sites for hydroxylation is 1. The van der Waals surface area contributed by atoms with Crippen molar-refractivity contribution in [3.05, 3.63) is 65.7 Å². The molecule has 0 saturated heterocycles. The van der Waals surface area contributed by atoms with Crippen molar-refractivity contribution in [3.63, 3.8) is 0 Å². The van der Waals surface area contributed by atoms with Gasteiger partial charge in [0.15, 0.2) is 0 Å². The summed E-state index contributed by atoms with van der Waals surface area (Å²) in [5.41, 5.74) is 1.75. The van der Waals surface area contributed by atoms with E-state index in [1.165, 1.54) is 0 Å². The summed E-state index contributed by atoms with van der Waals surface area (Å²) in [7, 11) is 0. The standard InChI is InChI=1S/C26H36N4O5/c1-4-23(32)28-26(29-24(33)5-2,30-25(34)15-20-12-7-6-8-13-20)18-27-16-21(31)17-35-22-14-10-9-11-19(22)3/h6-14,21,27,31H,4-5,15-18H2,1-3H3,(H,28,32)(H,29,33)(H,30,34). The molecule has 0 aromatic heterocycles. The first-order chi connectivity index (χ1) is 16.8. The Morgan fingerprint density at radius 3 is 2.06 bits per heavy atom. The van der Waals surface area contributed by atoms with Crippen LogP contribution in [0.25, 0.3) is 0 Å². The van der Waals surface area contributed by atoms with Crippen LogP contribution in [0.4, 0.5) is 0 Å². The zero-order valence-corrected chi connectivity index (χ0v) is 20.6. The van der Waals surface area contributed by atoms with E-state index in [0.717, 1.165) is 11.1 Å². The summed E-state index contributed by atoms with van der Waals surface area (Å²) in [4.78, 5) is 37.5. The van der Waals surface area contributed by atoms with Gasteiger partial charge in [-0.05, 0) is 24.1 Å². The summed E-state index contributed by atoms with van der Waals surface area (Å²) in [5.74, 6) is -1.98. The summed E-state index contributed by atoms with van der Waals surface area (Å²) in [6.07, 6.45) is -0.480. The molecule has 190 valence electrons. The largest absolute Gasteiger partial charge is 0.491 e. The molecule has 0 fully saturated rings. The van der Waals surface area contributed by atoms with Crippen LogP contribution in [0.2, 0.25) is 0 Å². The van der Waals surface area contributed by atoms with Crippen LogP contribution in [0.15, 0.2) is 54.6 Å². The van der Waals surface area contributed by atoms with Crippen molar-refractivity contribution in [2.75, 3.05) is 19.7 Å². The van der Waals surface area contributed by atoms with Crippen LogP contribution in [0.3, 0.4) is 0 Å². The molecule has 0 aliphatic rings. The number of carbonyl (C=O) groups excluding carboxylic acids is 3. The van der Waals surface area contributed by atoms with Crippen molar-refractivity contribution in [2.24, 2.45) is 0 Å². The van der Waals surface area contributed by atoms with Crippen LogP contribution in [-0.2, 0) is 20.8 Å². The number of carbonyl (C=O) groups is 3. The minimum absolute atomic E-state index is 0.0492. The molecule has 2 aromatic rings. The highest BCUT2D eigenvalue weighted by Gasteiger charge is 2.34. The second-order valence-electron chi connectivity index (χ2n) is 8.28. The van der Waals surface area contributed by atoms with E-state index < -0.39 is 11.9 Å². The summed E-state index contributed by atoms with van der Waals surface area (Å²) < 4.78 is 5.68. The molecule has 0 bridgehead atoms. The summed E-state index contributed by atoms with van der Waals surface area (Å²) in [5, 5.41) is 21.6. The van der Waals surface area contributed by atoms with E-state index in [0.29, 0.717) is 5.75 Å². The predicted octanol–water partition coefficient (Wildman–Crippen LogP) is 1.39. The predicted molar refractivity (Wildman–Crippen MR) is 133 cm³/mol. The average Bonchev–Trinajstić information content (AvgIpc) is 2.83. The molecule has 0 aliphatic heterocycles. The van der Waals surface area contributed by atoms with Gasteiger partial charge in [-0.2, -0.15) is 0 Å². The lowest BCUT2D eigenvalue weighted by atomic mass is 10.1. The van der Waals surface area contributed by atoms with Crippen LogP contribution in [0, 0.1) is 6.92 Å². The van der Waals surface area contributed by atoms with Crippen molar-refractivity contribution in [1.82, 2.24) is 21.3 Å². The SMILES string of the molecule is CCC(=O)NC(CNCC(O)COc1ccccc1C)(NC(=O)CC)NC(=O)Cc1ccccc1. The molecule has 0 spiro atoms. The van der Waals surface area contributed by atoms with Crippen LogP contribution < -0.4 is 26.0 Å². The van der Waals surface area contributed by atoms with Crippen molar-refractivity contribution in [1.29, 1.82) is 0 Å². The maximum atomic E-state index is 12.8. The number of hydrogen-bond donors (Lipinski definition) is 5. The van der Waals surface area contributed by atoms with Gasteiger partial charge in [0.05, 0.1) is 13.0 Å². The highest BCUT2D eigenvalue weighted by molar-refractivity contribution is 5.84. The number of hydrogen-bond acceptors (Lipinski definition) is 6. The maximum Gasteiger partial charge on any atom is 0.227 e. The molecule has 0 heterocycles. The molecule has 5 N–H and O–H groups in total. The third-order valence-corrected chi connectivity index (χ3v) is 5.20. The van der Waals surface area contributed by atoms with E-state index in [1.54, 1.807) is 13.8 Å². The van der Waals surface area contributed by atoms with Gasteiger partial charge in [0.25, 0.3) is 0 Å². The monoisotopic (exact) mass is 484 g/mol. The lowest BCUT2D eigenvalue weighted by molar-refractivity contribution is -0.130. The Morgan fingerprint density at radius 1 is 0.886 bits per heavy atom. The van der Waals surface area contributed by atoms with Gasteiger partial charge in [0, 0.05) is 19.4 Å². The summed E-state index contributed by atoms with van der Waals surface area (Å²) in [6, 6.07) is 16.6. The first-order valence-corrected chi connectivity index (χ1v) is 11.8. The summed E-state index contributed by atoms with van der Waals surface area (Å²) in [6.45, 7) is 5.37. The first kappa shape index (κ1) is 27.8. The molecule has 2 aromatic carbocycles. The van der Waals surface area contributed by atoms with Crippen LogP contribution in [0.5, 0.6) is 5.75 Å².